The third-order valence-electron chi connectivity index (χ3n) is 16.6. The Bertz CT molecular complexity index is 1370. The number of hydrogen-bond donors (Lipinski definition) is 9. The van der Waals surface area contributed by atoms with Gasteiger partial charge in [0.25, 0.3) is 0 Å². The van der Waals surface area contributed by atoms with Crippen LogP contribution in [0.4, 0.5) is 0 Å². The topological polar surface area (TPSA) is 219 Å². The molecule has 6 fully saturated rings. The summed E-state index contributed by atoms with van der Waals surface area (Å²) < 4.78 is 24.4. The first kappa shape index (κ1) is 43.8. The van der Waals surface area contributed by atoms with Gasteiger partial charge in [0.2, 0.25) is 0 Å². The second-order valence-corrected chi connectivity index (χ2v) is 20.1. The smallest absolute Gasteiger partial charge is 0.187 e. The second-order valence-electron chi connectivity index (χ2n) is 20.1. The SMILES string of the molecule is CC(C)=CCC[C@](C)(O)[C@@H]1CC[C@@]2(C)[C@@H]1[C@@H](O)C[C@@H]1[C@@]3(C)CC[C@H](O[C@@H]4O[C@H](CO)[C@@H](O)[C@H](O)[C@H]4O[C@@H]4O[C@H](CO)[C@@H](O)[C@H](O)[C@H]4O)C(C)(C)[C@@H]3CC[C@]12C. The maximum Gasteiger partial charge on any atom is 0.187 e. The Labute approximate surface area is 327 Å². The Morgan fingerprint density at radius 1 is 0.727 bits per heavy atom. The van der Waals surface area contributed by atoms with Gasteiger partial charge in [0, 0.05) is 0 Å². The fraction of sp³-hybridized carbons (Fsp3) is 0.952. The van der Waals surface area contributed by atoms with E-state index in [0.717, 1.165) is 38.5 Å². The van der Waals surface area contributed by atoms with Crippen LogP contribution in [-0.4, -0.2) is 138 Å². The predicted molar refractivity (Wildman–Crippen MR) is 201 cm³/mol. The van der Waals surface area contributed by atoms with Crippen LogP contribution < -0.4 is 0 Å². The predicted octanol–water partition coefficient (Wildman–Crippen LogP) is 2.15. The maximum atomic E-state index is 12.2. The molecule has 20 atom stereocenters. The van der Waals surface area contributed by atoms with Gasteiger partial charge in [-0.3, -0.25) is 0 Å². The molecule has 0 radical (unpaired) electrons. The van der Waals surface area contributed by atoms with Crippen LogP contribution in [0.25, 0.3) is 0 Å². The zero-order chi connectivity index (χ0) is 40.6. The van der Waals surface area contributed by atoms with Gasteiger partial charge in [-0.05, 0) is 124 Å². The van der Waals surface area contributed by atoms with E-state index in [-0.39, 0.29) is 39.9 Å². The van der Waals surface area contributed by atoms with Crippen LogP contribution in [0.15, 0.2) is 11.6 Å². The lowest BCUT2D eigenvalue weighted by molar-refractivity contribution is -0.378. The van der Waals surface area contributed by atoms with E-state index in [9.17, 15) is 46.0 Å². The molecule has 55 heavy (non-hydrogen) atoms. The van der Waals surface area contributed by atoms with E-state index in [0.29, 0.717) is 19.3 Å². The average Bonchev–Trinajstić information content (AvgIpc) is 3.50. The van der Waals surface area contributed by atoms with Gasteiger partial charge in [-0.25, -0.2) is 0 Å². The Morgan fingerprint density at radius 3 is 1.95 bits per heavy atom. The van der Waals surface area contributed by atoms with Crippen LogP contribution in [0.5, 0.6) is 0 Å². The Balaban J connectivity index is 1.23. The monoisotopic (exact) mass is 784 g/mol. The summed E-state index contributed by atoms with van der Waals surface area (Å²) in [7, 11) is 0. The van der Waals surface area contributed by atoms with E-state index in [1.165, 1.54) is 5.57 Å². The lowest BCUT2D eigenvalue weighted by Crippen LogP contribution is -2.68. The second kappa shape index (κ2) is 15.7. The number of aliphatic hydroxyl groups excluding tert-OH is 8. The summed E-state index contributed by atoms with van der Waals surface area (Å²) in [6.45, 7) is 16.5. The summed E-state index contributed by atoms with van der Waals surface area (Å²) in [5.41, 5.74) is -0.405. The van der Waals surface area contributed by atoms with Gasteiger partial charge in [0.1, 0.15) is 48.8 Å². The third-order valence-corrected chi connectivity index (χ3v) is 16.6. The van der Waals surface area contributed by atoms with Crippen LogP contribution in [0, 0.1) is 45.3 Å². The van der Waals surface area contributed by atoms with Crippen LogP contribution in [0.3, 0.4) is 0 Å². The van der Waals surface area contributed by atoms with Crippen molar-refractivity contribution in [2.75, 3.05) is 13.2 Å². The van der Waals surface area contributed by atoms with E-state index < -0.39 is 97.8 Å². The van der Waals surface area contributed by atoms with Gasteiger partial charge in [0.05, 0.1) is 31.0 Å². The van der Waals surface area contributed by atoms with Gasteiger partial charge >= 0.3 is 0 Å². The van der Waals surface area contributed by atoms with E-state index in [4.69, 9.17) is 18.9 Å². The molecule has 0 bridgehead atoms. The molecule has 4 aliphatic carbocycles. The van der Waals surface area contributed by atoms with Crippen molar-refractivity contribution in [3.05, 3.63) is 11.6 Å². The summed E-state index contributed by atoms with van der Waals surface area (Å²) in [5.74, 6) is 0.445. The third kappa shape index (κ3) is 7.20. The van der Waals surface area contributed by atoms with Crippen molar-refractivity contribution >= 4 is 0 Å². The van der Waals surface area contributed by atoms with Gasteiger partial charge in [0.15, 0.2) is 12.6 Å². The number of ether oxygens (including phenoxy) is 4. The largest absolute Gasteiger partial charge is 0.394 e. The molecule has 2 aliphatic heterocycles. The molecule has 4 saturated carbocycles. The van der Waals surface area contributed by atoms with E-state index in [1.807, 2.05) is 6.92 Å². The highest BCUT2D eigenvalue weighted by Gasteiger charge is 2.71. The van der Waals surface area contributed by atoms with Crippen molar-refractivity contribution < 1.29 is 64.9 Å². The Hall–Kier alpha value is -0.780. The molecule has 0 aromatic rings. The van der Waals surface area contributed by atoms with Gasteiger partial charge in [-0.15, -0.1) is 0 Å². The first-order valence-corrected chi connectivity index (χ1v) is 20.9. The molecule has 0 spiro atoms. The summed E-state index contributed by atoms with van der Waals surface area (Å²) in [4.78, 5) is 0. The van der Waals surface area contributed by atoms with Crippen molar-refractivity contribution in [2.24, 2.45) is 45.3 Å². The summed E-state index contributed by atoms with van der Waals surface area (Å²) in [6, 6.07) is 0. The molecule has 0 unspecified atom stereocenters. The molecule has 318 valence electrons. The van der Waals surface area contributed by atoms with Gasteiger partial charge in [-0.1, -0.05) is 46.3 Å². The Morgan fingerprint density at radius 2 is 1.33 bits per heavy atom. The molecule has 6 rings (SSSR count). The van der Waals surface area contributed by atoms with Crippen molar-refractivity contribution in [1.29, 1.82) is 0 Å². The minimum Gasteiger partial charge on any atom is -0.394 e. The molecule has 2 saturated heterocycles. The minimum atomic E-state index is -1.75. The number of rotatable bonds is 10. The highest BCUT2D eigenvalue weighted by Crippen LogP contribution is 2.76. The fourth-order valence-corrected chi connectivity index (χ4v) is 13.3. The van der Waals surface area contributed by atoms with Crippen molar-refractivity contribution in [3.8, 4) is 0 Å². The zero-order valence-electron chi connectivity index (χ0n) is 34.3. The summed E-state index contributed by atoms with van der Waals surface area (Å²) in [6.07, 6.45) is -6.48. The Kier molecular flexibility index (Phi) is 12.5. The van der Waals surface area contributed by atoms with Gasteiger partial charge in [-0.2, -0.15) is 0 Å². The highest BCUT2D eigenvalue weighted by molar-refractivity contribution is 5.20. The number of hydrogen-bond acceptors (Lipinski definition) is 13. The molecular weight excluding hydrogens is 712 g/mol. The normalized spacial score (nSPS) is 52.0. The highest BCUT2D eigenvalue weighted by atomic mass is 16.8. The summed E-state index contributed by atoms with van der Waals surface area (Å²) >= 11 is 0. The lowest BCUT2D eigenvalue weighted by Gasteiger charge is -2.70. The number of aliphatic hydroxyl groups is 9. The minimum absolute atomic E-state index is 0.00798. The molecule has 0 aromatic heterocycles. The molecule has 2 heterocycles. The molecular formula is C42H72O13. The number of allylic oxidation sites excluding steroid dienone is 2. The molecule has 13 heteroatoms. The first-order valence-electron chi connectivity index (χ1n) is 20.9. The van der Waals surface area contributed by atoms with Crippen LogP contribution >= 0.6 is 0 Å². The quantitative estimate of drug-likeness (QED) is 0.115. The lowest BCUT2D eigenvalue weighted by atomic mass is 9.35. The van der Waals surface area contributed by atoms with Gasteiger partial charge < -0.3 is 64.9 Å². The van der Waals surface area contributed by atoms with Crippen LogP contribution in [0.2, 0.25) is 0 Å². The van der Waals surface area contributed by atoms with E-state index >= 15 is 0 Å². The molecule has 13 nitrogen and oxygen atoms in total. The first-order chi connectivity index (χ1) is 25.6. The van der Waals surface area contributed by atoms with Crippen molar-refractivity contribution in [1.82, 2.24) is 0 Å². The fourth-order valence-electron chi connectivity index (χ4n) is 13.3. The standard InChI is InChI=1S/C42H72O13/c1-21(2)10-9-14-42(8,51)22-11-16-41(7)29(22)23(45)18-27-39(5)15-13-28(38(3,4)26(39)12-17-40(27,41)6)54-37-35(33(49)31(47)25(20-44)53-37)55-36-34(50)32(48)30(46)24(19-43)52-36/h10,22-37,43-51H,9,11-20H2,1-8H3/t22-,23+,24-,25-,26+,27-,28+,29+,30-,31-,32+,33+,34-,35-,36+,37+,39+,40-,41+,42+/m1/s1. The van der Waals surface area contributed by atoms with Crippen molar-refractivity contribution in [3.63, 3.8) is 0 Å². The maximum absolute atomic E-state index is 12.2. The average molecular weight is 785 g/mol. The molecule has 0 amide bonds. The van der Waals surface area contributed by atoms with E-state index in [1.54, 1.807) is 0 Å². The molecule has 6 aliphatic rings. The van der Waals surface area contributed by atoms with Crippen molar-refractivity contribution in [2.45, 2.75) is 192 Å². The molecule has 0 aromatic carbocycles. The summed E-state index contributed by atoms with van der Waals surface area (Å²) in [5, 5.41) is 97.4. The van der Waals surface area contributed by atoms with Crippen LogP contribution in [-0.2, 0) is 18.9 Å². The van der Waals surface area contributed by atoms with E-state index in [2.05, 4.69) is 54.5 Å². The zero-order valence-corrected chi connectivity index (χ0v) is 34.3. The number of fused-ring (bicyclic) bond motifs is 5. The van der Waals surface area contributed by atoms with Crippen LogP contribution in [0.1, 0.15) is 113 Å². The molecule has 9 N–H and O–H groups in total.